The van der Waals surface area contributed by atoms with Gasteiger partial charge in [-0.2, -0.15) is 13.2 Å². The molecule has 1 aromatic rings. The topological polar surface area (TPSA) is 69.7 Å². The molecule has 0 aliphatic carbocycles. The summed E-state index contributed by atoms with van der Waals surface area (Å²) in [7, 11) is 0. The van der Waals surface area contributed by atoms with Crippen molar-refractivity contribution in [2.24, 2.45) is 5.92 Å². The SMILES string of the molecule is CC(=O)N1CCC[C@@H]1C(=O)N1CCC(C(=O)Nc2ccc(C(F)(F)F)cc2)CC1. The first kappa shape index (κ1) is 21.1. The Morgan fingerprint density at radius 3 is 2.17 bits per heavy atom. The second-order valence-electron chi connectivity index (χ2n) is 7.53. The van der Waals surface area contributed by atoms with Crippen LogP contribution in [0.5, 0.6) is 0 Å². The van der Waals surface area contributed by atoms with Crippen LogP contribution in [0.3, 0.4) is 0 Å². The summed E-state index contributed by atoms with van der Waals surface area (Å²) < 4.78 is 37.8. The van der Waals surface area contributed by atoms with E-state index in [4.69, 9.17) is 0 Å². The molecule has 29 heavy (non-hydrogen) atoms. The van der Waals surface area contributed by atoms with Crippen molar-refractivity contribution >= 4 is 23.4 Å². The maximum absolute atomic E-state index is 12.7. The lowest BCUT2D eigenvalue weighted by molar-refractivity contribution is -0.144. The monoisotopic (exact) mass is 411 g/mol. The van der Waals surface area contributed by atoms with E-state index in [9.17, 15) is 27.6 Å². The Labute approximate surface area is 167 Å². The fraction of sp³-hybridized carbons (Fsp3) is 0.550. The molecule has 2 aliphatic rings. The first-order valence-corrected chi connectivity index (χ1v) is 9.71. The second-order valence-corrected chi connectivity index (χ2v) is 7.53. The molecule has 6 nitrogen and oxygen atoms in total. The van der Waals surface area contributed by atoms with Gasteiger partial charge in [-0.1, -0.05) is 0 Å². The summed E-state index contributed by atoms with van der Waals surface area (Å²) in [6.07, 6.45) is -2.00. The van der Waals surface area contributed by atoms with Gasteiger partial charge in [0.1, 0.15) is 6.04 Å². The fourth-order valence-corrected chi connectivity index (χ4v) is 3.96. The lowest BCUT2D eigenvalue weighted by Crippen LogP contribution is -2.50. The van der Waals surface area contributed by atoms with Gasteiger partial charge < -0.3 is 15.1 Å². The molecule has 2 saturated heterocycles. The Morgan fingerprint density at radius 2 is 1.62 bits per heavy atom. The number of carbonyl (C=O) groups is 3. The number of nitrogens with zero attached hydrogens (tertiary/aromatic N) is 2. The van der Waals surface area contributed by atoms with Crippen LogP contribution in [0.25, 0.3) is 0 Å². The molecule has 3 amide bonds. The number of hydrogen-bond donors (Lipinski definition) is 1. The van der Waals surface area contributed by atoms with E-state index >= 15 is 0 Å². The number of piperidine rings is 1. The molecule has 2 aliphatic heterocycles. The molecule has 1 N–H and O–H groups in total. The number of carbonyl (C=O) groups excluding carboxylic acids is 3. The van der Waals surface area contributed by atoms with Crippen LogP contribution < -0.4 is 5.32 Å². The van der Waals surface area contributed by atoms with E-state index in [1.54, 1.807) is 9.80 Å². The third-order valence-electron chi connectivity index (χ3n) is 5.60. The lowest BCUT2D eigenvalue weighted by Gasteiger charge is -2.34. The molecular weight excluding hydrogens is 387 g/mol. The summed E-state index contributed by atoms with van der Waals surface area (Å²) in [5, 5.41) is 2.65. The van der Waals surface area contributed by atoms with Crippen LogP contribution in [0.2, 0.25) is 0 Å². The molecule has 1 aromatic carbocycles. The van der Waals surface area contributed by atoms with Crippen molar-refractivity contribution in [3.8, 4) is 0 Å². The third-order valence-corrected chi connectivity index (χ3v) is 5.60. The number of rotatable bonds is 3. The summed E-state index contributed by atoms with van der Waals surface area (Å²) >= 11 is 0. The van der Waals surface area contributed by atoms with Crippen LogP contribution in [0.1, 0.15) is 38.2 Å². The van der Waals surface area contributed by atoms with Gasteiger partial charge in [-0.25, -0.2) is 0 Å². The zero-order chi connectivity index (χ0) is 21.2. The second kappa shape index (κ2) is 8.42. The molecular formula is C20H24F3N3O3. The molecule has 2 heterocycles. The van der Waals surface area contributed by atoms with Gasteiger partial charge in [0.2, 0.25) is 17.7 Å². The molecule has 0 aromatic heterocycles. The number of hydrogen-bond acceptors (Lipinski definition) is 3. The summed E-state index contributed by atoms with van der Waals surface area (Å²) in [5.74, 6) is -0.747. The summed E-state index contributed by atoms with van der Waals surface area (Å²) in [4.78, 5) is 40.1. The maximum atomic E-state index is 12.7. The molecule has 0 radical (unpaired) electrons. The van der Waals surface area contributed by atoms with Crippen LogP contribution in [-0.4, -0.2) is 53.2 Å². The van der Waals surface area contributed by atoms with Gasteiger partial charge in [-0.3, -0.25) is 14.4 Å². The Balaban J connectivity index is 1.52. The van der Waals surface area contributed by atoms with Gasteiger partial charge in [0.15, 0.2) is 0 Å². The van der Waals surface area contributed by atoms with Crippen LogP contribution in [-0.2, 0) is 20.6 Å². The number of anilines is 1. The number of nitrogens with one attached hydrogen (secondary N) is 1. The molecule has 2 fully saturated rings. The summed E-state index contributed by atoms with van der Waals surface area (Å²) in [6, 6.07) is 3.91. The first-order valence-electron chi connectivity index (χ1n) is 9.71. The van der Waals surface area contributed by atoms with Crippen molar-refractivity contribution in [2.75, 3.05) is 25.0 Å². The Morgan fingerprint density at radius 1 is 1.00 bits per heavy atom. The zero-order valence-corrected chi connectivity index (χ0v) is 16.2. The number of benzene rings is 1. The third kappa shape index (κ3) is 4.89. The maximum Gasteiger partial charge on any atom is 0.416 e. The summed E-state index contributed by atoms with van der Waals surface area (Å²) in [6.45, 7) is 2.90. The van der Waals surface area contributed by atoms with Crippen molar-refractivity contribution in [3.63, 3.8) is 0 Å². The standard InChI is InChI=1S/C20H24F3N3O3/c1-13(27)26-10-2-3-17(26)19(29)25-11-8-14(9-12-25)18(28)24-16-6-4-15(5-7-16)20(21,22)23/h4-7,14,17H,2-3,8-12H2,1H3,(H,24,28)/t17-/m1/s1. The minimum Gasteiger partial charge on any atom is -0.341 e. The van der Waals surface area contributed by atoms with Crippen molar-refractivity contribution in [2.45, 2.75) is 44.8 Å². The highest BCUT2D eigenvalue weighted by Gasteiger charge is 2.37. The Kier molecular flexibility index (Phi) is 6.14. The van der Waals surface area contributed by atoms with E-state index in [1.807, 2.05) is 0 Å². The molecule has 1 atom stereocenters. The first-order chi connectivity index (χ1) is 13.7. The van der Waals surface area contributed by atoms with Crippen molar-refractivity contribution in [1.82, 2.24) is 9.80 Å². The average molecular weight is 411 g/mol. The van der Waals surface area contributed by atoms with Crippen LogP contribution in [0, 0.1) is 5.92 Å². The lowest BCUT2D eigenvalue weighted by atomic mass is 9.95. The molecule has 9 heteroatoms. The number of amides is 3. The van der Waals surface area contributed by atoms with Gasteiger partial charge in [0.25, 0.3) is 0 Å². The molecule has 0 bridgehead atoms. The van der Waals surface area contributed by atoms with E-state index in [1.165, 1.54) is 19.1 Å². The van der Waals surface area contributed by atoms with E-state index < -0.39 is 17.8 Å². The van der Waals surface area contributed by atoms with Gasteiger partial charge in [0.05, 0.1) is 5.56 Å². The van der Waals surface area contributed by atoms with Gasteiger partial charge in [-0.05, 0) is 49.9 Å². The smallest absolute Gasteiger partial charge is 0.341 e. The van der Waals surface area contributed by atoms with Gasteiger partial charge in [0, 0.05) is 38.2 Å². The predicted molar refractivity (Wildman–Crippen MR) is 99.8 cm³/mol. The zero-order valence-electron chi connectivity index (χ0n) is 16.2. The van der Waals surface area contributed by atoms with Gasteiger partial charge in [-0.15, -0.1) is 0 Å². The van der Waals surface area contributed by atoms with E-state index in [0.29, 0.717) is 44.6 Å². The highest BCUT2D eigenvalue weighted by Crippen LogP contribution is 2.30. The molecule has 3 rings (SSSR count). The van der Waals surface area contributed by atoms with E-state index in [2.05, 4.69) is 5.32 Å². The van der Waals surface area contributed by atoms with Crippen molar-refractivity contribution in [1.29, 1.82) is 0 Å². The summed E-state index contributed by atoms with van der Waals surface area (Å²) in [5.41, 5.74) is -0.460. The Hall–Kier alpha value is -2.58. The number of alkyl halides is 3. The molecule has 0 unspecified atom stereocenters. The van der Waals surface area contributed by atoms with E-state index in [0.717, 1.165) is 18.6 Å². The van der Waals surface area contributed by atoms with E-state index in [-0.39, 0.29) is 23.6 Å². The van der Waals surface area contributed by atoms with Crippen LogP contribution >= 0.6 is 0 Å². The normalized spacial score (nSPS) is 20.6. The van der Waals surface area contributed by atoms with Crippen LogP contribution in [0.15, 0.2) is 24.3 Å². The average Bonchev–Trinajstić information content (AvgIpc) is 3.17. The molecule has 0 saturated carbocycles. The van der Waals surface area contributed by atoms with Crippen molar-refractivity contribution in [3.05, 3.63) is 29.8 Å². The van der Waals surface area contributed by atoms with Gasteiger partial charge >= 0.3 is 6.18 Å². The minimum absolute atomic E-state index is 0.0701. The molecule has 0 spiro atoms. The van der Waals surface area contributed by atoms with Crippen molar-refractivity contribution < 1.29 is 27.6 Å². The minimum atomic E-state index is -4.42. The largest absolute Gasteiger partial charge is 0.416 e. The predicted octanol–water partition coefficient (Wildman–Crippen LogP) is 2.89. The highest BCUT2D eigenvalue weighted by molar-refractivity contribution is 5.93. The van der Waals surface area contributed by atoms with Crippen LogP contribution in [0.4, 0.5) is 18.9 Å². The number of likely N-dealkylation sites (tertiary alicyclic amines) is 2. The molecule has 158 valence electrons. The highest BCUT2D eigenvalue weighted by atomic mass is 19.4. The fourth-order valence-electron chi connectivity index (χ4n) is 3.96. The number of halogens is 3. The Bertz CT molecular complexity index is 771. The quantitative estimate of drug-likeness (QED) is 0.832.